The number of nitrogens with zero attached hydrogens (tertiary/aromatic N) is 2. The molecule has 1 aliphatic heterocycles. The minimum Gasteiger partial charge on any atom is -0.340 e. The predicted molar refractivity (Wildman–Crippen MR) is 80.6 cm³/mol. The SMILES string of the molecule is CCC1(CC)NC(=O)C(C)N(CCc2ccccn2)C1=O. The fraction of sp³-hybridized carbons (Fsp3) is 0.562. The van der Waals surface area contributed by atoms with Crippen LogP contribution in [-0.2, 0) is 16.0 Å². The number of hydrogen-bond acceptors (Lipinski definition) is 3. The van der Waals surface area contributed by atoms with E-state index in [0.29, 0.717) is 25.8 Å². The molecule has 1 aromatic rings. The molecule has 1 saturated heterocycles. The molecule has 5 heteroatoms. The first-order valence-electron chi connectivity index (χ1n) is 7.57. The van der Waals surface area contributed by atoms with Crippen molar-refractivity contribution in [3.8, 4) is 0 Å². The van der Waals surface area contributed by atoms with Crippen LogP contribution in [0.1, 0.15) is 39.3 Å². The topological polar surface area (TPSA) is 62.3 Å². The Kier molecular flexibility index (Phi) is 4.60. The van der Waals surface area contributed by atoms with Gasteiger partial charge >= 0.3 is 0 Å². The molecule has 0 radical (unpaired) electrons. The van der Waals surface area contributed by atoms with Crippen LogP contribution >= 0.6 is 0 Å². The summed E-state index contributed by atoms with van der Waals surface area (Å²) >= 11 is 0. The maximum absolute atomic E-state index is 12.8. The minimum absolute atomic E-state index is 0.0236. The Hall–Kier alpha value is -1.91. The van der Waals surface area contributed by atoms with Gasteiger partial charge in [0, 0.05) is 24.9 Å². The van der Waals surface area contributed by atoms with E-state index >= 15 is 0 Å². The molecule has 1 aliphatic rings. The van der Waals surface area contributed by atoms with Crippen LogP contribution in [0.15, 0.2) is 24.4 Å². The van der Waals surface area contributed by atoms with Gasteiger partial charge < -0.3 is 10.2 Å². The molecule has 0 aromatic carbocycles. The molecule has 1 N–H and O–H groups in total. The minimum atomic E-state index is -0.742. The van der Waals surface area contributed by atoms with Gasteiger partial charge in [-0.1, -0.05) is 19.9 Å². The molecular formula is C16H23N3O2. The summed E-state index contributed by atoms with van der Waals surface area (Å²) in [5.74, 6) is -0.0464. The zero-order valence-corrected chi connectivity index (χ0v) is 12.9. The monoisotopic (exact) mass is 289 g/mol. The van der Waals surface area contributed by atoms with Gasteiger partial charge in [0.2, 0.25) is 11.8 Å². The smallest absolute Gasteiger partial charge is 0.248 e. The molecule has 0 saturated carbocycles. The molecule has 2 amide bonds. The van der Waals surface area contributed by atoms with Crippen molar-refractivity contribution in [2.75, 3.05) is 6.54 Å². The maximum atomic E-state index is 12.8. The molecule has 0 spiro atoms. The van der Waals surface area contributed by atoms with Crippen molar-refractivity contribution in [1.82, 2.24) is 15.2 Å². The molecular weight excluding hydrogens is 266 g/mol. The quantitative estimate of drug-likeness (QED) is 0.894. The zero-order valence-electron chi connectivity index (χ0n) is 12.9. The van der Waals surface area contributed by atoms with Crippen LogP contribution in [0.3, 0.4) is 0 Å². The summed E-state index contributed by atoms with van der Waals surface area (Å²) in [6.45, 7) is 6.18. The van der Waals surface area contributed by atoms with E-state index in [9.17, 15) is 9.59 Å². The number of carbonyl (C=O) groups excluding carboxylic acids is 2. The third-order valence-corrected chi connectivity index (χ3v) is 4.42. The summed E-state index contributed by atoms with van der Waals surface area (Å²) in [5.41, 5.74) is 0.190. The van der Waals surface area contributed by atoms with Gasteiger partial charge in [0.15, 0.2) is 0 Å². The maximum Gasteiger partial charge on any atom is 0.248 e. The number of rotatable bonds is 5. The van der Waals surface area contributed by atoms with Crippen LogP contribution in [0.4, 0.5) is 0 Å². The molecule has 1 unspecified atom stereocenters. The Labute approximate surface area is 125 Å². The Morgan fingerprint density at radius 1 is 1.29 bits per heavy atom. The van der Waals surface area contributed by atoms with Gasteiger partial charge in [-0.3, -0.25) is 14.6 Å². The van der Waals surface area contributed by atoms with Crippen LogP contribution < -0.4 is 5.32 Å². The van der Waals surface area contributed by atoms with Gasteiger partial charge in [-0.15, -0.1) is 0 Å². The lowest BCUT2D eigenvalue weighted by atomic mass is 9.87. The molecule has 114 valence electrons. The standard InChI is InChI=1S/C16H23N3O2/c1-4-16(5-2)15(21)19(12(3)14(20)18-16)11-9-13-8-6-7-10-17-13/h6-8,10,12H,4-5,9,11H2,1-3H3,(H,18,20). The van der Waals surface area contributed by atoms with Gasteiger partial charge in [-0.25, -0.2) is 0 Å². The van der Waals surface area contributed by atoms with Crippen LogP contribution in [-0.4, -0.2) is 39.8 Å². The second kappa shape index (κ2) is 6.24. The van der Waals surface area contributed by atoms with Crippen LogP contribution in [0.25, 0.3) is 0 Å². The summed E-state index contributed by atoms with van der Waals surface area (Å²) in [6.07, 6.45) is 3.63. The van der Waals surface area contributed by atoms with Crippen molar-refractivity contribution in [3.63, 3.8) is 0 Å². The Balaban J connectivity index is 2.15. The summed E-state index contributed by atoms with van der Waals surface area (Å²) in [4.78, 5) is 30.9. The fourth-order valence-corrected chi connectivity index (χ4v) is 2.79. The highest BCUT2D eigenvalue weighted by Crippen LogP contribution is 2.25. The van der Waals surface area contributed by atoms with Crippen molar-refractivity contribution in [1.29, 1.82) is 0 Å². The highest BCUT2D eigenvalue weighted by atomic mass is 16.2. The van der Waals surface area contributed by atoms with E-state index in [0.717, 1.165) is 5.69 Å². The Morgan fingerprint density at radius 3 is 2.57 bits per heavy atom. The van der Waals surface area contributed by atoms with E-state index in [1.54, 1.807) is 18.0 Å². The number of nitrogens with one attached hydrogen (secondary N) is 1. The van der Waals surface area contributed by atoms with E-state index in [1.165, 1.54) is 0 Å². The molecule has 1 fully saturated rings. The number of carbonyl (C=O) groups is 2. The second-order valence-corrected chi connectivity index (χ2v) is 5.52. The van der Waals surface area contributed by atoms with E-state index in [1.807, 2.05) is 32.0 Å². The lowest BCUT2D eigenvalue weighted by Gasteiger charge is -2.44. The van der Waals surface area contributed by atoms with Crippen LogP contribution in [0, 0.1) is 0 Å². The highest BCUT2D eigenvalue weighted by molar-refractivity contribution is 5.99. The number of piperazine rings is 1. The molecule has 2 heterocycles. The lowest BCUT2D eigenvalue weighted by Crippen LogP contribution is -2.69. The number of amides is 2. The van der Waals surface area contributed by atoms with Crippen molar-refractivity contribution < 1.29 is 9.59 Å². The number of pyridine rings is 1. The average molecular weight is 289 g/mol. The summed E-state index contributed by atoms with van der Waals surface area (Å²) in [7, 11) is 0. The predicted octanol–water partition coefficient (Wildman–Crippen LogP) is 1.53. The summed E-state index contributed by atoms with van der Waals surface area (Å²) in [6, 6.07) is 5.31. The third kappa shape index (κ3) is 2.91. The number of aromatic nitrogens is 1. The van der Waals surface area contributed by atoms with Crippen molar-refractivity contribution in [2.45, 2.75) is 51.6 Å². The van der Waals surface area contributed by atoms with E-state index < -0.39 is 11.6 Å². The zero-order chi connectivity index (χ0) is 15.5. The first-order chi connectivity index (χ1) is 10.0. The first kappa shape index (κ1) is 15.5. The highest BCUT2D eigenvalue weighted by Gasteiger charge is 2.46. The summed E-state index contributed by atoms with van der Waals surface area (Å²) < 4.78 is 0. The van der Waals surface area contributed by atoms with Crippen molar-refractivity contribution >= 4 is 11.8 Å². The van der Waals surface area contributed by atoms with Gasteiger partial charge in [0.05, 0.1) is 0 Å². The molecule has 5 nitrogen and oxygen atoms in total. The van der Waals surface area contributed by atoms with Crippen molar-refractivity contribution in [2.24, 2.45) is 0 Å². The molecule has 0 bridgehead atoms. The van der Waals surface area contributed by atoms with Crippen LogP contribution in [0.5, 0.6) is 0 Å². The fourth-order valence-electron chi connectivity index (χ4n) is 2.79. The Morgan fingerprint density at radius 2 is 2.00 bits per heavy atom. The summed E-state index contributed by atoms with van der Waals surface area (Å²) in [5, 5.41) is 2.91. The largest absolute Gasteiger partial charge is 0.340 e. The average Bonchev–Trinajstić information content (AvgIpc) is 2.52. The van der Waals surface area contributed by atoms with E-state index in [4.69, 9.17) is 0 Å². The van der Waals surface area contributed by atoms with Crippen molar-refractivity contribution in [3.05, 3.63) is 30.1 Å². The molecule has 2 rings (SSSR count). The lowest BCUT2D eigenvalue weighted by molar-refractivity contribution is -0.154. The normalized spacial score (nSPS) is 21.3. The molecule has 1 aromatic heterocycles. The molecule has 0 aliphatic carbocycles. The van der Waals surface area contributed by atoms with E-state index in [-0.39, 0.29) is 11.8 Å². The first-order valence-corrected chi connectivity index (χ1v) is 7.57. The Bertz CT molecular complexity index is 512. The van der Waals surface area contributed by atoms with E-state index in [2.05, 4.69) is 10.3 Å². The van der Waals surface area contributed by atoms with Gasteiger partial charge in [-0.2, -0.15) is 0 Å². The van der Waals surface area contributed by atoms with Gasteiger partial charge in [-0.05, 0) is 31.9 Å². The van der Waals surface area contributed by atoms with Crippen LogP contribution in [0.2, 0.25) is 0 Å². The molecule has 1 atom stereocenters. The van der Waals surface area contributed by atoms with Gasteiger partial charge in [0.25, 0.3) is 0 Å². The second-order valence-electron chi connectivity index (χ2n) is 5.52. The third-order valence-electron chi connectivity index (χ3n) is 4.42. The van der Waals surface area contributed by atoms with Gasteiger partial charge in [0.1, 0.15) is 11.6 Å². The molecule has 21 heavy (non-hydrogen) atoms. The number of hydrogen-bond donors (Lipinski definition) is 1.